The molecule has 0 amide bonds. The van der Waals surface area contributed by atoms with E-state index >= 15 is 0 Å². The van der Waals surface area contributed by atoms with Crippen LogP contribution >= 0.6 is 0 Å². The van der Waals surface area contributed by atoms with Gasteiger partial charge in [-0.2, -0.15) is 0 Å². The molecule has 0 bridgehead atoms. The van der Waals surface area contributed by atoms with Gasteiger partial charge in [-0.25, -0.2) is 0 Å². The second-order valence-corrected chi connectivity index (χ2v) is 6.13. The Hall–Kier alpha value is -2.09. The molecule has 2 heteroatoms. The number of nitrogens with zero attached hydrogens (tertiary/aromatic N) is 1. The molecule has 0 radical (unpaired) electrons. The highest BCUT2D eigenvalue weighted by atomic mass is 16.5. The zero-order valence-corrected chi connectivity index (χ0v) is 14.5. The Kier molecular flexibility index (Phi) is 6.86. The van der Waals surface area contributed by atoms with Gasteiger partial charge in [0.25, 0.3) is 0 Å². The first-order valence-electron chi connectivity index (χ1n) is 8.56. The topological polar surface area (TPSA) is 21.6 Å². The van der Waals surface area contributed by atoms with Crippen LogP contribution in [0.3, 0.4) is 0 Å². The standard InChI is InChI=1S/C21H27NO/c1-4-5-6-15-23-21-13-7-18(8-14-21)16-22-20-11-9-19(10-12-20)17(2)3/h7-14,16-17H,4-6,15H2,1-3H3. The number of benzene rings is 2. The van der Waals surface area contributed by atoms with Crippen LogP contribution in [0, 0.1) is 0 Å². The highest BCUT2D eigenvalue weighted by Crippen LogP contribution is 2.19. The first kappa shape index (κ1) is 17.3. The van der Waals surface area contributed by atoms with Crippen molar-refractivity contribution in [1.82, 2.24) is 0 Å². The Morgan fingerprint density at radius 2 is 1.65 bits per heavy atom. The van der Waals surface area contributed by atoms with Crippen molar-refractivity contribution in [3.63, 3.8) is 0 Å². The van der Waals surface area contributed by atoms with Crippen LogP contribution in [0.1, 0.15) is 57.1 Å². The molecule has 0 aliphatic rings. The van der Waals surface area contributed by atoms with Crippen LogP contribution in [0.2, 0.25) is 0 Å². The van der Waals surface area contributed by atoms with Crippen molar-refractivity contribution >= 4 is 11.9 Å². The fourth-order valence-electron chi connectivity index (χ4n) is 2.29. The van der Waals surface area contributed by atoms with Crippen LogP contribution in [0.15, 0.2) is 53.5 Å². The Bertz CT molecular complexity index is 597. The maximum Gasteiger partial charge on any atom is 0.119 e. The SMILES string of the molecule is CCCCCOc1ccc(C=Nc2ccc(C(C)C)cc2)cc1. The van der Waals surface area contributed by atoms with Crippen molar-refractivity contribution in [3.8, 4) is 5.75 Å². The lowest BCUT2D eigenvalue weighted by atomic mass is 10.0. The summed E-state index contributed by atoms with van der Waals surface area (Å²) in [6, 6.07) is 16.5. The molecule has 2 nitrogen and oxygen atoms in total. The van der Waals surface area contributed by atoms with Gasteiger partial charge in [0.05, 0.1) is 12.3 Å². The quantitative estimate of drug-likeness (QED) is 0.424. The molecule has 0 saturated carbocycles. The van der Waals surface area contributed by atoms with E-state index in [4.69, 9.17) is 4.74 Å². The van der Waals surface area contributed by atoms with Crippen LogP contribution in [0.4, 0.5) is 5.69 Å². The lowest BCUT2D eigenvalue weighted by Crippen LogP contribution is -1.96. The molecule has 0 heterocycles. The molecule has 23 heavy (non-hydrogen) atoms. The zero-order valence-electron chi connectivity index (χ0n) is 14.5. The van der Waals surface area contributed by atoms with E-state index in [-0.39, 0.29) is 0 Å². The monoisotopic (exact) mass is 309 g/mol. The Balaban J connectivity index is 1.89. The summed E-state index contributed by atoms with van der Waals surface area (Å²) >= 11 is 0. The summed E-state index contributed by atoms with van der Waals surface area (Å²) in [5.74, 6) is 1.48. The van der Waals surface area contributed by atoms with Crippen molar-refractivity contribution in [3.05, 3.63) is 59.7 Å². The summed E-state index contributed by atoms with van der Waals surface area (Å²) in [5, 5.41) is 0. The molecule has 0 N–H and O–H groups in total. The molecule has 0 aromatic heterocycles. The van der Waals surface area contributed by atoms with Crippen molar-refractivity contribution in [1.29, 1.82) is 0 Å². The van der Waals surface area contributed by atoms with Gasteiger partial charge in [0.1, 0.15) is 5.75 Å². The second kappa shape index (κ2) is 9.14. The van der Waals surface area contributed by atoms with Crippen molar-refractivity contribution in [2.75, 3.05) is 6.61 Å². The second-order valence-electron chi connectivity index (χ2n) is 6.13. The number of ether oxygens (including phenoxy) is 1. The highest BCUT2D eigenvalue weighted by molar-refractivity contribution is 5.82. The van der Waals surface area contributed by atoms with Crippen molar-refractivity contribution < 1.29 is 4.74 Å². The first-order valence-corrected chi connectivity index (χ1v) is 8.56. The number of rotatable bonds is 8. The molecule has 0 aliphatic heterocycles. The minimum atomic E-state index is 0.554. The van der Waals surface area contributed by atoms with Crippen LogP contribution in [0.5, 0.6) is 5.75 Å². The van der Waals surface area contributed by atoms with Crippen molar-refractivity contribution in [2.24, 2.45) is 4.99 Å². The van der Waals surface area contributed by atoms with E-state index in [1.54, 1.807) is 0 Å². The predicted molar refractivity (Wildman–Crippen MR) is 99.2 cm³/mol. The molecule has 0 atom stereocenters. The predicted octanol–water partition coefficient (Wildman–Crippen LogP) is 6.13. The van der Waals surface area contributed by atoms with E-state index in [2.05, 4.69) is 50.0 Å². The van der Waals surface area contributed by atoms with E-state index in [1.165, 1.54) is 18.4 Å². The maximum atomic E-state index is 5.72. The molecule has 122 valence electrons. The fourth-order valence-corrected chi connectivity index (χ4v) is 2.29. The molecule has 2 aromatic carbocycles. The minimum absolute atomic E-state index is 0.554. The molecule has 2 rings (SSSR count). The smallest absolute Gasteiger partial charge is 0.119 e. The van der Waals surface area contributed by atoms with Gasteiger partial charge in [-0.15, -0.1) is 0 Å². The third-order valence-corrected chi connectivity index (χ3v) is 3.82. The van der Waals surface area contributed by atoms with Gasteiger partial charge in [0.2, 0.25) is 0 Å². The van der Waals surface area contributed by atoms with Crippen LogP contribution < -0.4 is 4.74 Å². The van der Waals surface area contributed by atoms with E-state index in [1.807, 2.05) is 30.5 Å². The van der Waals surface area contributed by atoms with E-state index in [0.717, 1.165) is 30.0 Å². The van der Waals surface area contributed by atoms with Gasteiger partial charge in [-0.1, -0.05) is 45.7 Å². The average molecular weight is 309 g/mol. The van der Waals surface area contributed by atoms with E-state index < -0.39 is 0 Å². The van der Waals surface area contributed by atoms with Crippen LogP contribution in [-0.2, 0) is 0 Å². The van der Waals surface area contributed by atoms with Gasteiger partial charge in [-0.05, 0) is 59.9 Å². The van der Waals surface area contributed by atoms with E-state index in [9.17, 15) is 0 Å². The summed E-state index contributed by atoms with van der Waals surface area (Å²) in [6.45, 7) is 7.39. The van der Waals surface area contributed by atoms with E-state index in [0.29, 0.717) is 5.92 Å². The molecule has 0 unspecified atom stereocenters. The third-order valence-electron chi connectivity index (χ3n) is 3.82. The lowest BCUT2D eigenvalue weighted by Gasteiger charge is -2.06. The molecular weight excluding hydrogens is 282 g/mol. The van der Waals surface area contributed by atoms with Crippen LogP contribution in [-0.4, -0.2) is 12.8 Å². The first-order chi connectivity index (χ1) is 11.2. The number of aliphatic imine (C=N–C) groups is 1. The number of unbranched alkanes of at least 4 members (excludes halogenated alkanes) is 2. The number of hydrogen-bond acceptors (Lipinski definition) is 2. The molecule has 2 aromatic rings. The fraction of sp³-hybridized carbons (Fsp3) is 0.381. The third kappa shape index (κ3) is 5.90. The largest absolute Gasteiger partial charge is 0.494 e. The Morgan fingerprint density at radius 3 is 2.26 bits per heavy atom. The van der Waals surface area contributed by atoms with Crippen LogP contribution in [0.25, 0.3) is 0 Å². The molecule has 0 aliphatic carbocycles. The van der Waals surface area contributed by atoms with Gasteiger partial charge < -0.3 is 4.74 Å². The zero-order chi connectivity index (χ0) is 16.5. The highest BCUT2D eigenvalue weighted by Gasteiger charge is 1.98. The molecule has 0 saturated heterocycles. The van der Waals surface area contributed by atoms with Gasteiger partial charge in [0.15, 0.2) is 0 Å². The normalized spacial score (nSPS) is 11.3. The lowest BCUT2D eigenvalue weighted by molar-refractivity contribution is 0.306. The average Bonchev–Trinajstić information content (AvgIpc) is 2.58. The summed E-state index contributed by atoms with van der Waals surface area (Å²) in [4.78, 5) is 4.53. The summed E-state index contributed by atoms with van der Waals surface area (Å²) in [6.07, 6.45) is 5.45. The summed E-state index contributed by atoms with van der Waals surface area (Å²) in [7, 11) is 0. The minimum Gasteiger partial charge on any atom is -0.494 e. The maximum absolute atomic E-state index is 5.72. The summed E-state index contributed by atoms with van der Waals surface area (Å²) < 4.78 is 5.72. The molecule has 0 fully saturated rings. The van der Waals surface area contributed by atoms with Gasteiger partial charge in [0, 0.05) is 6.21 Å². The number of hydrogen-bond donors (Lipinski definition) is 0. The summed E-state index contributed by atoms with van der Waals surface area (Å²) in [5.41, 5.74) is 3.40. The Labute approximate surface area is 140 Å². The Morgan fingerprint density at radius 1 is 0.957 bits per heavy atom. The molecular formula is C21H27NO. The molecule has 0 spiro atoms. The van der Waals surface area contributed by atoms with Gasteiger partial charge in [-0.3, -0.25) is 4.99 Å². The van der Waals surface area contributed by atoms with Gasteiger partial charge >= 0.3 is 0 Å². The van der Waals surface area contributed by atoms with Crippen molar-refractivity contribution in [2.45, 2.75) is 46.0 Å².